The van der Waals surface area contributed by atoms with Gasteiger partial charge in [-0.3, -0.25) is 4.79 Å². The Morgan fingerprint density at radius 3 is 1.47 bits per heavy atom. The van der Waals surface area contributed by atoms with Crippen LogP contribution in [0.4, 0.5) is 0 Å². The molecule has 4 nitrogen and oxygen atoms in total. The minimum absolute atomic E-state index is 0. The Kier molecular flexibility index (Phi) is 37.2. The van der Waals surface area contributed by atoms with E-state index in [1.54, 1.807) is 6.92 Å². The first-order chi connectivity index (χ1) is 6.51. The average molecular weight is 240 g/mol. The fourth-order valence-electron chi connectivity index (χ4n) is 0.311. The predicted octanol–water partition coefficient (Wildman–Crippen LogP) is 0.792. The van der Waals surface area contributed by atoms with E-state index in [9.17, 15) is 4.79 Å². The lowest BCUT2D eigenvalue weighted by molar-refractivity contribution is -0.117. The lowest BCUT2D eigenvalue weighted by Crippen LogP contribution is -2.22. The number of hydrogen-bond donors (Lipinski definition) is 3. The van der Waals surface area contributed by atoms with E-state index in [-0.39, 0.29) is 18.3 Å². The van der Waals surface area contributed by atoms with Crippen LogP contribution in [0.25, 0.3) is 0 Å². The van der Waals surface area contributed by atoms with Gasteiger partial charge in [0.1, 0.15) is 0 Å². The van der Waals surface area contributed by atoms with Crippen LogP contribution in [0.15, 0.2) is 12.2 Å². The fourth-order valence-corrected chi connectivity index (χ4v) is 0.311. The van der Waals surface area contributed by atoms with Crippen molar-refractivity contribution in [2.45, 2.75) is 13.8 Å². The van der Waals surface area contributed by atoms with Crippen LogP contribution >= 0.6 is 12.4 Å². The van der Waals surface area contributed by atoms with Gasteiger partial charge in [0.2, 0.25) is 5.91 Å². The van der Waals surface area contributed by atoms with Crippen molar-refractivity contribution >= 4 is 18.3 Å². The average Bonchev–Trinajstić information content (AvgIpc) is 2.07. The standard InChI is InChI=1S/C6H11NO.2C2H7N.ClH/c1-4-7-6(8)5(2)3;2*1-3-2;/h2,4H2,1,3H3,(H,7,8);2*3H,1-2H3;1H. The van der Waals surface area contributed by atoms with Crippen LogP contribution in [-0.2, 0) is 4.79 Å². The van der Waals surface area contributed by atoms with Crippen LogP contribution in [0.3, 0.4) is 0 Å². The molecule has 0 rings (SSSR count). The highest BCUT2D eigenvalue weighted by Crippen LogP contribution is 1.82. The van der Waals surface area contributed by atoms with Gasteiger partial charge in [0, 0.05) is 12.1 Å². The van der Waals surface area contributed by atoms with Crippen molar-refractivity contribution in [3.63, 3.8) is 0 Å². The molecule has 3 N–H and O–H groups in total. The third-order valence-corrected chi connectivity index (χ3v) is 0.725. The summed E-state index contributed by atoms with van der Waals surface area (Å²) < 4.78 is 0. The maximum Gasteiger partial charge on any atom is 0.246 e. The van der Waals surface area contributed by atoms with Crippen molar-refractivity contribution in [2.24, 2.45) is 0 Å². The Bertz CT molecular complexity index is 139. The summed E-state index contributed by atoms with van der Waals surface area (Å²) in [5.41, 5.74) is 0.562. The molecule has 0 saturated carbocycles. The monoisotopic (exact) mass is 239 g/mol. The highest BCUT2D eigenvalue weighted by Gasteiger charge is 1.95. The van der Waals surface area contributed by atoms with E-state index in [1.165, 1.54) is 0 Å². The number of carbonyl (C=O) groups excluding carboxylic acids is 1. The lowest BCUT2D eigenvalue weighted by atomic mass is 10.3. The molecule has 0 aliphatic rings. The zero-order chi connectivity index (χ0) is 12.0. The number of rotatable bonds is 2. The van der Waals surface area contributed by atoms with E-state index in [0.29, 0.717) is 12.1 Å². The summed E-state index contributed by atoms with van der Waals surface area (Å²) >= 11 is 0. The molecule has 0 aromatic carbocycles. The molecule has 0 aliphatic heterocycles. The summed E-state index contributed by atoms with van der Waals surface area (Å²) in [5.74, 6) is -0.0625. The summed E-state index contributed by atoms with van der Waals surface area (Å²) in [5, 5.41) is 8.11. The van der Waals surface area contributed by atoms with E-state index >= 15 is 0 Å². The Morgan fingerprint density at radius 2 is 1.40 bits per heavy atom. The molecule has 1 amide bonds. The molecule has 0 spiro atoms. The third-order valence-electron chi connectivity index (χ3n) is 0.725. The number of nitrogens with one attached hydrogen (secondary N) is 3. The van der Waals surface area contributed by atoms with Crippen LogP contribution in [-0.4, -0.2) is 40.6 Å². The largest absolute Gasteiger partial charge is 0.353 e. The van der Waals surface area contributed by atoms with E-state index in [0.717, 1.165) is 0 Å². The molecule has 0 heterocycles. The van der Waals surface area contributed by atoms with Gasteiger partial charge in [-0.05, 0) is 42.0 Å². The lowest BCUT2D eigenvalue weighted by Gasteiger charge is -1.97. The van der Waals surface area contributed by atoms with E-state index in [4.69, 9.17) is 0 Å². The van der Waals surface area contributed by atoms with Gasteiger partial charge >= 0.3 is 0 Å². The molecular weight excluding hydrogens is 214 g/mol. The molecule has 0 bridgehead atoms. The minimum Gasteiger partial charge on any atom is -0.353 e. The van der Waals surface area contributed by atoms with E-state index in [1.807, 2.05) is 35.1 Å². The molecular formula is C10H26ClN3O. The molecule has 0 aromatic heterocycles. The van der Waals surface area contributed by atoms with Crippen molar-refractivity contribution in [2.75, 3.05) is 34.7 Å². The predicted molar refractivity (Wildman–Crippen MR) is 70.7 cm³/mol. The van der Waals surface area contributed by atoms with E-state index in [2.05, 4.69) is 22.5 Å². The normalized spacial score (nSPS) is 6.80. The molecule has 0 aliphatic carbocycles. The van der Waals surface area contributed by atoms with Gasteiger partial charge in [0.25, 0.3) is 0 Å². The Hall–Kier alpha value is -0.580. The smallest absolute Gasteiger partial charge is 0.246 e. The van der Waals surface area contributed by atoms with Crippen LogP contribution in [0, 0.1) is 0 Å². The highest BCUT2D eigenvalue weighted by atomic mass is 35.5. The number of hydrogen-bond acceptors (Lipinski definition) is 3. The first-order valence-electron chi connectivity index (χ1n) is 4.62. The summed E-state index contributed by atoms with van der Waals surface area (Å²) in [6.07, 6.45) is 0. The maximum absolute atomic E-state index is 10.5. The number of likely N-dealkylation sites (N-methyl/N-ethyl adjacent to an activating group) is 1. The zero-order valence-electron chi connectivity index (χ0n) is 10.7. The molecule has 94 valence electrons. The van der Waals surface area contributed by atoms with Crippen LogP contribution in [0.2, 0.25) is 0 Å². The molecule has 0 atom stereocenters. The van der Waals surface area contributed by atoms with Crippen molar-refractivity contribution in [1.29, 1.82) is 0 Å². The van der Waals surface area contributed by atoms with Gasteiger partial charge in [0.15, 0.2) is 0 Å². The number of halogens is 1. The molecule has 0 saturated heterocycles. The summed E-state index contributed by atoms with van der Waals surface area (Å²) in [7, 11) is 7.50. The maximum atomic E-state index is 10.5. The molecule has 0 aromatic rings. The van der Waals surface area contributed by atoms with Crippen molar-refractivity contribution in [3.05, 3.63) is 12.2 Å². The summed E-state index contributed by atoms with van der Waals surface area (Å²) in [6.45, 7) is 7.70. The first kappa shape index (κ1) is 23.9. The Balaban J connectivity index is -0.0000000733. The Morgan fingerprint density at radius 1 is 1.13 bits per heavy atom. The zero-order valence-corrected chi connectivity index (χ0v) is 11.5. The molecule has 0 fully saturated rings. The highest BCUT2D eigenvalue weighted by molar-refractivity contribution is 5.91. The topological polar surface area (TPSA) is 53.2 Å². The van der Waals surface area contributed by atoms with Gasteiger partial charge in [-0.15, -0.1) is 12.4 Å². The van der Waals surface area contributed by atoms with Crippen molar-refractivity contribution in [3.8, 4) is 0 Å². The van der Waals surface area contributed by atoms with Crippen LogP contribution in [0.1, 0.15) is 13.8 Å². The summed E-state index contributed by atoms with van der Waals surface area (Å²) in [4.78, 5) is 10.5. The molecule has 5 heteroatoms. The van der Waals surface area contributed by atoms with Gasteiger partial charge in [-0.2, -0.15) is 0 Å². The second-order valence-electron chi connectivity index (χ2n) is 2.64. The second-order valence-corrected chi connectivity index (χ2v) is 2.64. The molecule has 15 heavy (non-hydrogen) atoms. The van der Waals surface area contributed by atoms with E-state index < -0.39 is 0 Å². The molecule has 0 radical (unpaired) electrons. The first-order valence-corrected chi connectivity index (χ1v) is 4.62. The number of carbonyl (C=O) groups is 1. The number of amides is 1. The third kappa shape index (κ3) is 42.5. The SMILES string of the molecule is C=C(C)C(=O)NCC.CNC.CNC.Cl. The van der Waals surface area contributed by atoms with Gasteiger partial charge in [0.05, 0.1) is 0 Å². The van der Waals surface area contributed by atoms with Gasteiger partial charge in [-0.25, -0.2) is 0 Å². The van der Waals surface area contributed by atoms with Crippen molar-refractivity contribution < 1.29 is 4.79 Å². The van der Waals surface area contributed by atoms with Gasteiger partial charge < -0.3 is 16.0 Å². The second kappa shape index (κ2) is 23.3. The fraction of sp³-hybridized carbons (Fsp3) is 0.700. The van der Waals surface area contributed by atoms with Crippen LogP contribution in [0.5, 0.6) is 0 Å². The Labute approximate surface area is 100 Å². The molecule has 0 unspecified atom stereocenters. The minimum atomic E-state index is -0.0625. The summed E-state index contributed by atoms with van der Waals surface area (Å²) in [6, 6.07) is 0. The van der Waals surface area contributed by atoms with Gasteiger partial charge in [-0.1, -0.05) is 6.58 Å². The quantitative estimate of drug-likeness (QED) is 0.625. The van der Waals surface area contributed by atoms with Crippen LogP contribution < -0.4 is 16.0 Å². The van der Waals surface area contributed by atoms with Crippen molar-refractivity contribution in [1.82, 2.24) is 16.0 Å².